The zero-order valence-electron chi connectivity index (χ0n) is 8.91. The fraction of sp³-hybridized carbons (Fsp3) is 0. The first-order valence-electron chi connectivity index (χ1n) is 4.52. The second-order valence-corrected chi connectivity index (χ2v) is 4.95. The Bertz CT molecular complexity index is 601. The van der Waals surface area contributed by atoms with Crippen LogP contribution in [-0.4, -0.2) is 27.5 Å². The smallest absolute Gasteiger partial charge is 0.369 e. The minimum atomic E-state index is -4.67. The number of anilines is 1. The Balaban J connectivity index is 0.000000280. The first-order chi connectivity index (χ1) is 8.25. The highest BCUT2D eigenvalue weighted by Gasteiger charge is 1.99. The highest BCUT2D eigenvalue weighted by molar-refractivity contribution is 9.10. The number of hydrogen-bond acceptors (Lipinski definition) is 4. The molecule has 18 heavy (non-hydrogen) atoms. The first kappa shape index (κ1) is 14.6. The number of hydrogen-bond donors (Lipinski definition) is 4. The van der Waals surface area contributed by atoms with Crippen molar-refractivity contribution in [2.45, 2.75) is 0 Å². The molecular weight excluding hydrogens is 326 g/mol. The molecule has 0 radical (unpaired) electrons. The molecule has 2 aromatic rings. The van der Waals surface area contributed by atoms with Gasteiger partial charge in [-0.1, -0.05) is 28.1 Å². The molecule has 98 valence electrons. The monoisotopic (exact) mass is 335 g/mol. The quantitative estimate of drug-likeness (QED) is 0.587. The molecule has 0 saturated heterocycles. The van der Waals surface area contributed by atoms with Crippen LogP contribution in [0.25, 0.3) is 11.3 Å². The molecule has 0 aliphatic rings. The highest BCUT2D eigenvalue weighted by atomic mass is 79.9. The van der Waals surface area contributed by atoms with Crippen molar-refractivity contribution in [2.24, 2.45) is 0 Å². The summed E-state index contributed by atoms with van der Waals surface area (Å²) in [6.07, 6.45) is 1.72. The van der Waals surface area contributed by atoms with Gasteiger partial charge in [0.15, 0.2) is 5.95 Å². The number of rotatable bonds is 1. The summed E-state index contributed by atoms with van der Waals surface area (Å²) in [6, 6.07) is 7.95. The lowest BCUT2D eigenvalue weighted by Crippen LogP contribution is -1.89. The van der Waals surface area contributed by atoms with Gasteiger partial charge < -0.3 is 10.7 Å². The third kappa shape index (κ3) is 5.77. The molecule has 0 aliphatic heterocycles. The summed E-state index contributed by atoms with van der Waals surface area (Å²) in [6.45, 7) is 0. The third-order valence-corrected chi connectivity index (χ3v) is 2.28. The SMILES string of the molecule is Nc1ncc(-c2ccc(Br)cc2)[nH]1.O=S(=O)(O)O. The van der Waals surface area contributed by atoms with Crippen LogP contribution in [0.4, 0.5) is 5.95 Å². The maximum Gasteiger partial charge on any atom is 0.394 e. The summed E-state index contributed by atoms with van der Waals surface area (Å²) in [5.74, 6) is 0.443. The van der Waals surface area contributed by atoms with Crippen molar-refractivity contribution in [1.82, 2.24) is 9.97 Å². The van der Waals surface area contributed by atoms with Crippen LogP contribution >= 0.6 is 15.9 Å². The van der Waals surface area contributed by atoms with Gasteiger partial charge in [-0.05, 0) is 17.7 Å². The van der Waals surface area contributed by atoms with Gasteiger partial charge in [0.05, 0.1) is 11.9 Å². The van der Waals surface area contributed by atoms with Crippen molar-refractivity contribution in [1.29, 1.82) is 0 Å². The van der Waals surface area contributed by atoms with E-state index in [4.69, 9.17) is 23.3 Å². The van der Waals surface area contributed by atoms with Crippen LogP contribution < -0.4 is 5.73 Å². The normalized spacial score (nSPS) is 10.6. The Kier molecular flexibility index (Phi) is 4.84. The van der Waals surface area contributed by atoms with Crippen LogP contribution in [0.1, 0.15) is 0 Å². The molecule has 0 aliphatic carbocycles. The molecule has 0 saturated carbocycles. The molecule has 2 rings (SSSR count). The summed E-state index contributed by atoms with van der Waals surface area (Å²) in [4.78, 5) is 6.89. The lowest BCUT2D eigenvalue weighted by molar-refractivity contribution is 0.381. The van der Waals surface area contributed by atoms with Gasteiger partial charge in [-0.25, -0.2) is 4.98 Å². The summed E-state index contributed by atoms with van der Waals surface area (Å²) in [5, 5.41) is 0. The van der Waals surface area contributed by atoms with Gasteiger partial charge in [0.25, 0.3) is 0 Å². The Labute approximate surface area is 112 Å². The molecular formula is C9H10BrN3O4S. The minimum absolute atomic E-state index is 0.443. The number of nitrogens with one attached hydrogen (secondary N) is 1. The van der Waals surface area contributed by atoms with Crippen molar-refractivity contribution in [2.75, 3.05) is 5.73 Å². The molecule has 0 bridgehead atoms. The number of halogens is 1. The van der Waals surface area contributed by atoms with E-state index in [1.807, 2.05) is 24.3 Å². The van der Waals surface area contributed by atoms with Gasteiger partial charge in [0.2, 0.25) is 0 Å². The van der Waals surface area contributed by atoms with Crippen LogP contribution in [0.5, 0.6) is 0 Å². The summed E-state index contributed by atoms with van der Waals surface area (Å²) < 4.78 is 32.6. The van der Waals surface area contributed by atoms with Gasteiger partial charge >= 0.3 is 10.4 Å². The average molecular weight is 336 g/mol. The lowest BCUT2D eigenvalue weighted by Gasteiger charge is -1.96. The highest BCUT2D eigenvalue weighted by Crippen LogP contribution is 2.20. The number of H-pyrrole nitrogens is 1. The van der Waals surface area contributed by atoms with Crippen molar-refractivity contribution in [3.05, 3.63) is 34.9 Å². The Morgan fingerprint density at radius 3 is 2.11 bits per heavy atom. The Morgan fingerprint density at radius 1 is 1.22 bits per heavy atom. The second kappa shape index (κ2) is 5.96. The zero-order chi connectivity index (χ0) is 13.8. The molecule has 5 N–H and O–H groups in total. The molecule has 0 atom stereocenters. The van der Waals surface area contributed by atoms with Gasteiger partial charge in [0.1, 0.15) is 0 Å². The van der Waals surface area contributed by atoms with E-state index in [0.29, 0.717) is 5.95 Å². The van der Waals surface area contributed by atoms with Crippen molar-refractivity contribution in [3.8, 4) is 11.3 Å². The molecule has 1 aromatic carbocycles. The van der Waals surface area contributed by atoms with Gasteiger partial charge in [-0.3, -0.25) is 9.11 Å². The van der Waals surface area contributed by atoms with E-state index in [1.165, 1.54) is 0 Å². The van der Waals surface area contributed by atoms with Gasteiger partial charge in [0, 0.05) is 4.47 Å². The predicted molar refractivity (Wildman–Crippen MR) is 70.3 cm³/mol. The first-order valence-corrected chi connectivity index (χ1v) is 6.71. The van der Waals surface area contributed by atoms with Crippen LogP contribution in [0, 0.1) is 0 Å². The van der Waals surface area contributed by atoms with E-state index >= 15 is 0 Å². The molecule has 0 amide bonds. The van der Waals surface area contributed by atoms with E-state index in [-0.39, 0.29) is 0 Å². The fourth-order valence-corrected chi connectivity index (χ4v) is 1.38. The van der Waals surface area contributed by atoms with Crippen LogP contribution in [0.3, 0.4) is 0 Å². The van der Waals surface area contributed by atoms with Crippen LogP contribution in [0.2, 0.25) is 0 Å². The van der Waals surface area contributed by atoms with Gasteiger partial charge in [-0.2, -0.15) is 8.42 Å². The number of nitrogens with zero attached hydrogens (tertiary/aromatic N) is 1. The zero-order valence-corrected chi connectivity index (χ0v) is 11.3. The van der Waals surface area contributed by atoms with Gasteiger partial charge in [-0.15, -0.1) is 0 Å². The largest absolute Gasteiger partial charge is 0.394 e. The number of aromatic nitrogens is 2. The standard InChI is InChI=1S/C9H8BrN3.H2O4S/c10-7-3-1-6(2-4-7)8-5-12-9(11)13-8;1-5(2,3)4/h1-5H,(H3,11,12,13);(H2,1,2,3,4). The topological polar surface area (TPSA) is 129 Å². The maximum absolute atomic E-state index is 8.74. The van der Waals surface area contributed by atoms with E-state index in [1.54, 1.807) is 6.20 Å². The molecule has 1 aromatic heterocycles. The number of imidazole rings is 1. The number of aromatic amines is 1. The minimum Gasteiger partial charge on any atom is -0.369 e. The average Bonchev–Trinajstić information content (AvgIpc) is 2.63. The fourth-order valence-electron chi connectivity index (χ4n) is 1.11. The van der Waals surface area contributed by atoms with E-state index < -0.39 is 10.4 Å². The molecule has 0 spiro atoms. The molecule has 1 heterocycles. The molecule has 0 fully saturated rings. The molecule has 7 nitrogen and oxygen atoms in total. The van der Waals surface area contributed by atoms with Crippen molar-refractivity contribution in [3.63, 3.8) is 0 Å². The van der Waals surface area contributed by atoms with Crippen molar-refractivity contribution < 1.29 is 17.5 Å². The van der Waals surface area contributed by atoms with Crippen LogP contribution in [0.15, 0.2) is 34.9 Å². The maximum atomic E-state index is 8.74. The summed E-state index contributed by atoms with van der Waals surface area (Å²) in [5.41, 5.74) is 7.48. The third-order valence-electron chi connectivity index (χ3n) is 1.75. The summed E-state index contributed by atoms with van der Waals surface area (Å²) >= 11 is 3.37. The lowest BCUT2D eigenvalue weighted by atomic mass is 10.2. The summed E-state index contributed by atoms with van der Waals surface area (Å²) in [7, 11) is -4.67. The van der Waals surface area contributed by atoms with E-state index in [2.05, 4.69) is 25.9 Å². The molecule has 9 heteroatoms. The second-order valence-electron chi connectivity index (χ2n) is 3.14. The predicted octanol–water partition coefficient (Wildman–Crippen LogP) is 1.77. The Morgan fingerprint density at radius 2 is 1.72 bits per heavy atom. The number of nitrogen functional groups attached to an aromatic ring is 1. The van der Waals surface area contributed by atoms with Crippen LogP contribution in [-0.2, 0) is 10.4 Å². The van der Waals surface area contributed by atoms with Crippen molar-refractivity contribution >= 4 is 32.3 Å². The van der Waals surface area contributed by atoms with E-state index in [0.717, 1.165) is 15.7 Å². The number of benzene rings is 1. The molecule has 0 unspecified atom stereocenters. The van der Waals surface area contributed by atoms with E-state index in [9.17, 15) is 0 Å². The number of nitrogens with two attached hydrogens (primary N) is 1. The Hall–Kier alpha value is -1.42.